The number of aliphatic carboxylic acids is 1. The highest BCUT2D eigenvalue weighted by Gasteiger charge is 2.41. The highest BCUT2D eigenvalue weighted by atomic mass is 16.5. The van der Waals surface area contributed by atoms with E-state index in [4.69, 9.17) is 19.3 Å². The van der Waals surface area contributed by atoms with Gasteiger partial charge in [0.05, 0.1) is 12.7 Å². The summed E-state index contributed by atoms with van der Waals surface area (Å²) in [5.74, 6) is -3.05. The lowest BCUT2D eigenvalue weighted by molar-refractivity contribution is -0.151. The minimum Gasteiger partial charge on any atom is -0.493 e. The zero-order valence-electron chi connectivity index (χ0n) is 13.2. The van der Waals surface area contributed by atoms with Gasteiger partial charge in [-0.25, -0.2) is 4.79 Å². The highest BCUT2D eigenvalue weighted by Crippen LogP contribution is 2.39. The van der Waals surface area contributed by atoms with Crippen LogP contribution in [-0.2, 0) is 16.2 Å². The van der Waals surface area contributed by atoms with Crippen LogP contribution >= 0.6 is 0 Å². The van der Waals surface area contributed by atoms with Crippen LogP contribution in [0.25, 0.3) is 0 Å². The molecule has 25 heavy (non-hydrogen) atoms. The summed E-state index contributed by atoms with van der Waals surface area (Å²) in [6, 6.07) is 12.2. The van der Waals surface area contributed by atoms with E-state index in [1.54, 1.807) is 0 Å². The molecule has 1 unspecified atom stereocenters. The van der Waals surface area contributed by atoms with E-state index in [1.807, 2.05) is 30.3 Å². The Hall–Kier alpha value is -3.35. The van der Waals surface area contributed by atoms with Gasteiger partial charge in [0.15, 0.2) is 11.5 Å². The average molecular weight is 342 g/mol. The molecular weight excluding hydrogens is 328 g/mol. The van der Waals surface area contributed by atoms with Gasteiger partial charge in [-0.3, -0.25) is 9.59 Å². The number of ether oxygens (including phenoxy) is 3. The third-order valence-corrected chi connectivity index (χ3v) is 3.70. The molecule has 0 saturated heterocycles. The molecule has 0 aliphatic carbocycles. The molecule has 3 rings (SSSR count). The predicted octanol–water partition coefficient (Wildman–Crippen LogP) is 1.87. The lowest BCUT2D eigenvalue weighted by Gasteiger charge is -2.12. The number of methoxy groups -OCH3 is 1. The quantitative estimate of drug-likeness (QED) is 0.632. The molecule has 2 aromatic carbocycles. The van der Waals surface area contributed by atoms with Crippen LogP contribution in [0.15, 0.2) is 42.5 Å². The first-order chi connectivity index (χ1) is 12.0. The summed E-state index contributed by atoms with van der Waals surface area (Å²) in [5.41, 5.74) is 1.01. The van der Waals surface area contributed by atoms with Gasteiger partial charge in [-0.2, -0.15) is 0 Å². The minimum atomic E-state index is -1.72. The molecule has 7 nitrogen and oxygen atoms in total. The van der Waals surface area contributed by atoms with Gasteiger partial charge < -0.3 is 19.3 Å². The maximum Gasteiger partial charge on any atom is 0.376 e. The predicted molar refractivity (Wildman–Crippen MR) is 85.2 cm³/mol. The molecule has 2 aromatic rings. The van der Waals surface area contributed by atoms with Crippen molar-refractivity contribution in [3.05, 3.63) is 53.6 Å². The first-order valence-electron chi connectivity index (χ1n) is 7.38. The van der Waals surface area contributed by atoms with E-state index in [0.717, 1.165) is 5.56 Å². The number of fused-ring (bicyclic) bond motifs is 1. The second-order valence-corrected chi connectivity index (χ2v) is 5.31. The van der Waals surface area contributed by atoms with Crippen molar-refractivity contribution >= 4 is 17.5 Å². The number of hydrogen-bond acceptors (Lipinski definition) is 6. The summed E-state index contributed by atoms with van der Waals surface area (Å²) >= 11 is 0. The van der Waals surface area contributed by atoms with Gasteiger partial charge in [-0.15, -0.1) is 0 Å². The van der Waals surface area contributed by atoms with Crippen molar-refractivity contribution in [2.45, 2.75) is 12.7 Å². The summed E-state index contributed by atoms with van der Waals surface area (Å²) in [7, 11) is 1.42. The van der Waals surface area contributed by atoms with Crippen LogP contribution < -0.4 is 14.2 Å². The van der Waals surface area contributed by atoms with Crippen molar-refractivity contribution in [3.63, 3.8) is 0 Å². The van der Waals surface area contributed by atoms with Crippen LogP contribution in [0.2, 0.25) is 0 Å². The van der Waals surface area contributed by atoms with Crippen LogP contribution in [-0.4, -0.2) is 35.9 Å². The van der Waals surface area contributed by atoms with Crippen LogP contribution in [0, 0.1) is 0 Å². The number of Topliss-reactive ketones (excluding diaryl/α,β-unsaturated/α-hetero) is 2. The van der Waals surface area contributed by atoms with E-state index < -0.39 is 23.6 Å². The van der Waals surface area contributed by atoms with E-state index in [1.165, 1.54) is 19.2 Å². The number of rotatable bonds is 6. The van der Waals surface area contributed by atoms with Crippen molar-refractivity contribution in [1.29, 1.82) is 0 Å². The SMILES string of the molecule is COc1cc2c(cc1OCc1ccccc1)C(=O)C(C(=O)C(=O)O)O2. The Balaban J connectivity index is 1.87. The average Bonchev–Trinajstić information content (AvgIpc) is 2.95. The zero-order valence-corrected chi connectivity index (χ0v) is 13.2. The number of carbonyl (C=O) groups is 3. The van der Waals surface area contributed by atoms with Gasteiger partial charge in [0.2, 0.25) is 11.9 Å². The molecule has 0 bridgehead atoms. The summed E-state index contributed by atoms with van der Waals surface area (Å²) in [6.07, 6.45) is -1.68. The van der Waals surface area contributed by atoms with Crippen LogP contribution in [0.1, 0.15) is 15.9 Å². The fourth-order valence-electron chi connectivity index (χ4n) is 2.45. The maximum absolute atomic E-state index is 12.3. The molecular formula is C18H14O7. The Morgan fingerprint density at radius 2 is 1.88 bits per heavy atom. The lowest BCUT2D eigenvalue weighted by Crippen LogP contribution is -2.36. The molecule has 0 spiro atoms. The minimum absolute atomic E-state index is 0.0865. The molecule has 1 aliphatic heterocycles. The largest absolute Gasteiger partial charge is 0.493 e. The molecule has 0 fully saturated rings. The zero-order chi connectivity index (χ0) is 18.0. The maximum atomic E-state index is 12.3. The first-order valence-corrected chi connectivity index (χ1v) is 7.38. The van der Waals surface area contributed by atoms with Gasteiger partial charge in [-0.1, -0.05) is 30.3 Å². The fraction of sp³-hybridized carbons (Fsp3) is 0.167. The molecule has 1 aliphatic rings. The number of carboxylic acids is 1. The summed E-state index contributed by atoms with van der Waals surface area (Å²) in [5, 5.41) is 8.77. The van der Waals surface area contributed by atoms with E-state index in [2.05, 4.69) is 0 Å². The number of carbonyl (C=O) groups excluding carboxylic acids is 2. The molecule has 7 heteroatoms. The van der Waals surface area contributed by atoms with Crippen molar-refractivity contribution in [2.75, 3.05) is 7.11 Å². The smallest absolute Gasteiger partial charge is 0.376 e. The van der Waals surface area contributed by atoms with E-state index in [9.17, 15) is 14.4 Å². The topological polar surface area (TPSA) is 99.1 Å². The van der Waals surface area contributed by atoms with E-state index in [0.29, 0.717) is 11.5 Å². The molecule has 0 aromatic heterocycles. The van der Waals surface area contributed by atoms with Gasteiger partial charge in [-0.05, 0) is 11.6 Å². The Kier molecular flexibility index (Phi) is 4.38. The summed E-state index contributed by atoms with van der Waals surface area (Å²) in [6.45, 7) is 0.252. The van der Waals surface area contributed by atoms with Crippen LogP contribution in [0.3, 0.4) is 0 Å². The molecule has 0 radical (unpaired) electrons. The summed E-state index contributed by atoms with van der Waals surface area (Å²) in [4.78, 5) is 34.6. The molecule has 1 N–H and O–H groups in total. The van der Waals surface area contributed by atoms with Gasteiger partial charge in [0.1, 0.15) is 12.4 Å². The first kappa shape index (κ1) is 16.5. The van der Waals surface area contributed by atoms with Crippen molar-refractivity contribution in [1.82, 2.24) is 0 Å². The third-order valence-electron chi connectivity index (χ3n) is 3.70. The van der Waals surface area contributed by atoms with Crippen molar-refractivity contribution in [2.24, 2.45) is 0 Å². The number of hydrogen-bond donors (Lipinski definition) is 1. The Morgan fingerprint density at radius 1 is 1.16 bits per heavy atom. The molecule has 0 amide bonds. The molecule has 0 saturated carbocycles. The van der Waals surface area contributed by atoms with E-state index in [-0.39, 0.29) is 17.9 Å². The number of carboxylic acid groups (broad SMARTS) is 1. The number of ketones is 2. The molecule has 128 valence electrons. The monoisotopic (exact) mass is 342 g/mol. The van der Waals surface area contributed by atoms with Crippen molar-refractivity contribution in [3.8, 4) is 17.2 Å². The fourth-order valence-corrected chi connectivity index (χ4v) is 2.45. The van der Waals surface area contributed by atoms with Crippen LogP contribution in [0.4, 0.5) is 0 Å². The van der Waals surface area contributed by atoms with Crippen molar-refractivity contribution < 1.29 is 33.7 Å². The van der Waals surface area contributed by atoms with Gasteiger partial charge in [0.25, 0.3) is 5.78 Å². The highest BCUT2D eigenvalue weighted by molar-refractivity contribution is 6.41. The van der Waals surface area contributed by atoms with E-state index >= 15 is 0 Å². The third kappa shape index (κ3) is 3.16. The summed E-state index contributed by atoms with van der Waals surface area (Å²) < 4.78 is 16.1. The lowest BCUT2D eigenvalue weighted by atomic mass is 10.1. The Morgan fingerprint density at radius 3 is 2.52 bits per heavy atom. The van der Waals surface area contributed by atoms with Gasteiger partial charge >= 0.3 is 5.97 Å². The number of benzene rings is 2. The van der Waals surface area contributed by atoms with Crippen LogP contribution in [0.5, 0.6) is 17.2 Å². The molecule has 1 heterocycles. The molecule has 1 atom stereocenters. The normalized spacial score (nSPS) is 15.2. The Bertz CT molecular complexity index is 842. The second-order valence-electron chi connectivity index (χ2n) is 5.31. The second kappa shape index (κ2) is 6.64. The Labute approximate surface area is 142 Å². The van der Waals surface area contributed by atoms with Gasteiger partial charge in [0, 0.05) is 6.07 Å². The standard InChI is InChI=1S/C18H14O7/c1-23-13-8-12-11(15(19)17(25-12)16(20)18(21)22)7-14(13)24-9-10-5-3-2-4-6-10/h2-8,17H,9H2,1H3,(H,21,22).